The highest BCUT2D eigenvalue weighted by Gasteiger charge is 2.20. The normalized spacial score (nSPS) is 10.9. The standard InChI is InChI=1S/C13H15IN2O2/c1-7-5-8(2)10(9(14)6-7)11-12(17)15(3)16(4)13(11)18/h5-6,17H,1-4H3. The Hall–Kier alpha value is -1.24. The fourth-order valence-electron chi connectivity index (χ4n) is 2.15. The van der Waals surface area contributed by atoms with Gasteiger partial charge in [-0.1, -0.05) is 6.07 Å². The van der Waals surface area contributed by atoms with Crippen LogP contribution in [0.25, 0.3) is 11.1 Å². The molecule has 18 heavy (non-hydrogen) atoms. The predicted molar refractivity (Wildman–Crippen MR) is 79.9 cm³/mol. The quantitative estimate of drug-likeness (QED) is 0.796. The van der Waals surface area contributed by atoms with E-state index in [1.807, 2.05) is 26.0 Å². The molecule has 0 bridgehead atoms. The maximum atomic E-state index is 12.2. The number of aromatic nitrogens is 2. The molecule has 1 heterocycles. The third-order valence-electron chi connectivity index (χ3n) is 3.17. The average molecular weight is 358 g/mol. The molecule has 0 amide bonds. The van der Waals surface area contributed by atoms with Gasteiger partial charge in [-0.15, -0.1) is 0 Å². The van der Waals surface area contributed by atoms with Gasteiger partial charge in [0.1, 0.15) is 5.56 Å². The molecule has 96 valence electrons. The fourth-order valence-corrected chi connectivity index (χ4v) is 3.33. The third kappa shape index (κ3) is 1.86. The van der Waals surface area contributed by atoms with E-state index in [-0.39, 0.29) is 11.4 Å². The number of rotatable bonds is 1. The van der Waals surface area contributed by atoms with Crippen molar-refractivity contribution in [3.63, 3.8) is 0 Å². The van der Waals surface area contributed by atoms with Crippen molar-refractivity contribution in [3.05, 3.63) is 37.2 Å². The third-order valence-corrected chi connectivity index (χ3v) is 4.02. The first-order chi connectivity index (χ1) is 8.34. The second-order valence-electron chi connectivity index (χ2n) is 4.49. The molecule has 2 rings (SSSR count). The van der Waals surface area contributed by atoms with Crippen molar-refractivity contribution in [2.75, 3.05) is 0 Å². The highest BCUT2D eigenvalue weighted by atomic mass is 127. The smallest absolute Gasteiger partial charge is 0.278 e. The van der Waals surface area contributed by atoms with E-state index in [1.165, 1.54) is 9.36 Å². The minimum atomic E-state index is -0.181. The van der Waals surface area contributed by atoms with Crippen molar-refractivity contribution in [2.45, 2.75) is 13.8 Å². The summed E-state index contributed by atoms with van der Waals surface area (Å²) in [6, 6.07) is 4.03. The van der Waals surface area contributed by atoms with Crippen LogP contribution in [0.2, 0.25) is 0 Å². The molecule has 0 aliphatic carbocycles. The molecule has 5 heteroatoms. The van der Waals surface area contributed by atoms with Crippen LogP contribution in [0.1, 0.15) is 11.1 Å². The van der Waals surface area contributed by atoms with E-state index in [9.17, 15) is 9.90 Å². The maximum Gasteiger partial charge on any atom is 0.278 e. The molecule has 0 fully saturated rings. The zero-order chi connectivity index (χ0) is 13.6. The molecule has 0 saturated carbocycles. The topological polar surface area (TPSA) is 47.2 Å². The Morgan fingerprint density at radius 1 is 1.11 bits per heavy atom. The van der Waals surface area contributed by atoms with Gasteiger partial charge in [0.05, 0.1) is 0 Å². The minimum Gasteiger partial charge on any atom is -0.493 e. The molecule has 0 radical (unpaired) electrons. The average Bonchev–Trinajstić information content (AvgIpc) is 2.45. The molecule has 2 aromatic rings. The number of nitrogens with zero attached hydrogens (tertiary/aromatic N) is 2. The molecule has 0 atom stereocenters. The molecular formula is C13H15IN2O2. The largest absolute Gasteiger partial charge is 0.493 e. The molecule has 1 aromatic carbocycles. The SMILES string of the molecule is Cc1cc(C)c(-c2c(O)n(C)n(C)c2=O)c(I)c1. The minimum absolute atomic E-state index is 0.00682. The molecular weight excluding hydrogens is 343 g/mol. The van der Waals surface area contributed by atoms with Gasteiger partial charge in [0, 0.05) is 23.2 Å². The van der Waals surface area contributed by atoms with Crippen molar-refractivity contribution in [1.29, 1.82) is 0 Å². The van der Waals surface area contributed by atoms with E-state index in [1.54, 1.807) is 14.1 Å². The zero-order valence-corrected chi connectivity index (χ0v) is 12.9. The van der Waals surface area contributed by atoms with Crippen LogP contribution in [0.3, 0.4) is 0 Å². The molecule has 0 saturated heterocycles. The Kier molecular flexibility index (Phi) is 3.27. The van der Waals surface area contributed by atoms with E-state index in [4.69, 9.17) is 0 Å². The maximum absolute atomic E-state index is 12.2. The molecule has 1 aromatic heterocycles. The number of aromatic hydroxyl groups is 1. The van der Waals surface area contributed by atoms with Crippen molar-refractivity contribution in [1.82, 2.24) is 9.36 Å². The van der Waals surface area contributed by atoms with Crippen molar-refractivity contribution < 1.29 is 5.11 Å². The summed E-state index contributed by atoms with van der Waals surface area (Å²) in [7, 11) is 3.30. The molecule has 0 unspecified atom stereocenters. The van der Waals surface area contributed by atoms with Gasteiger partial charge in [0.2, 0.25) is 5.88 Å². The Bertz CT molecular complexity index is 660. The summed E-state index contributed by atoms with van der Waals surface area (Å²) >= 11 is 2.20. The van der Waals surface area contributed by atoms with Crippen LogP contribution in [-0.4, -0.2) is 14.5 Å². The van der Waals surface area contributed by atoms with E-state index >= 15 is 0 Å². The summed E-state index contributed by atoms with van der Waals surface area (Å²) in [6.07, 6.45) is 0. The lowest BCUT2D eigenvalue weighted by atomic mass is 10.0. The van der Waals surface area contributed by atoms with Gasteiger partial charge in [-0.2, -0.15) is 0 Å². The second kappa shape index (κ2) is 4.46. The van der Waals surface area contributed by atoms with Crippen LogP contribution < -0.4 is 5.56 Å². The lowest BCUT2D eigenvalue weighted by Gasteiger charge is -2.08. The van der Waals surface area contributed by atoms with Crippen LogP contribution in [0, 0.1) is 17.4 Å². The Balaban J connectivity index is 2.87. The summed E-state index contributed by atoms with van der Waals surface area (Å²) in [5, 5.41) is 10.1. The van der Waals surface area contributed by atoms with E-state index in [2.05, 4.69) is 22.6 Å². The van der Waals surface area contributed by atoms with E-state index < -0.39 is 0 Å². The van der Waals surface area contributed by atoms with E-state index in [0.717, 1.165) is 20.3 Å². The second-order valence-corrected chi connectivity index (χ2v) is 5.65. The van der Waals surface area contributed by atoms with Gasteiger partial charge in [-0.25, -0.2) is 0 Å². The Morgan fingerprint density at radius 2 is 1.72 bits per heavy atom. The number of hydrogen-bond acceptors (Lipinski definition) is 2. The first-order valence-corrected chi connectivity index (χ1v) is 6.64. The van der Waals surface area contributed by atoms with Gasteiger partial charge in [-0.3, -0.25) is 14.2 Å². The number of hydrogen-bond donors (Lipinski definition) is 1. The number of aryl methyl sites for hydroxylation is 2. The number of halogens is 1. The highest BCUT2D eigenvalue weighted by Crippen LogP contribution is 2.33. The zero-order valence-electron chi connectivity index (χ0n) is 10.8. The lowest BCUT2D eigenvalue weighted by Crippen LogP contribution is -2.18. The van der Waals surface area contributed by atoms with Crippen LogP contribution >= 0.6 is 22.6 Å². The monoisotopic (exact) mass is 358 g/mol. The molecule has 1 N–H and O–H groups in total. The van der Waals surface area contributed by atoms with Gasteiger partial charge in [-0.05, 0) is 53.6 Å². The van der Waals surface area contributed by atoms with E-state index in [0.29, 0.717) is 5.56 Å². The molecule has 0 aliphatic heterocycles. The Morgan fingerprint density at radius 3 is 2.17 bits per heavy atom. The van der Waals surface area contributed by atoms with Crippen LogP contribution in [0.5, 0.6) is 5.88 Å². The van der Waals surface area contributed by atoms with Crippen molar-refractivity contribution >= 4 is 22.6 Å². The first-order valence-electron chi connectivity index (χ1n) is 5.56. The van der Waals surface area contributed by atoms with Crippen LogP contribution in [0.4, 0.5) is 0 Å². The number of benzene rings is 1. The van der Waals surface area contributed by atoms with Crippen molar-refractivity contribution in [3.8, 4) is 17.0 Å². The highest BCUT2D eigenvalue weighted by molar-refractivity contribution is 14.1. The molecule has 4 nitrogen and oxygen atoms in total. The van der Waals surface area contributed by atoms with Crippen molar-refractivity contribution in [2.24, 2.45) is 14.1 Å². The summed E-state index contributed by atoms with van der Waals surface area (Å²) in [4.78, 5) is 12.2. The Labute approximate surface area is 119 Å². The lowest BCUT2D eigenvalue weighted by molar-refractivity contribution is 0.398. The van der Waals surface area contributed by atoms with Gasteiger partial charge >= 0.3 is 0 Å². The molecule has 0 spiro atoms. The summed E-state index contributed by atoms with van der Waals surface area (Å²) < 4.78 is 3.83. The predicted octanol–water partition coefficient (Wildman–Crippen LogP) is 2.32. The van der Waals surface area contributed by atoms with Gasteiger partial charge < -0.3 is 5.11 Å². The first kappa shape index (κ1) is 13.2. The fraction of sp³-hybridized carbons (Fsp3) is 0.308. The molecule has 0 aliphatic rings. The van der Waals surface area contributed by atoms with Crippen LogP contribution in [0.15, 0.2) is 16.9 Å². The van der Waals surface area contributed by atoms with Gasteiger partial charge in [0.25, 0.3) is 5.56 Å². The summed E-state index contributed by atoms with van der Waals surface area (Å²) in [5.41, 5.74) is 3.16. The van der Waals surface area contributed by atoms with Gasteiger partial charge in [0.15, 0.2) is 0 Å². The summed E-state index contributed by atoms with van der Waals surface area (Å²) in [6.45, 7) is 3.97. The summed E-state index contributed by atoms with van der Waals surface area (Å²) in [5.74, 6) is 0.00682. The van der Waals surface area contributed by atoms with Crippen LogP contribution in [-0.2, 0) is 14.1 Å².